The molecule has 1 aliphatic rings. The maximum absolute atomic E-state index is 11.8. The number of nitrogens with zero attached hydrogens (tertiary/aromatic N) is 1. The monoisotopic (exact) mass is 336 g/mol. The Morgan fingerprint density at radius 2 is 2.04 bits per heavy atom. The average molecular weight is 336 g/mol. The second-order valence-electron chi connectivity index (χ2n) is 5.75. The van der Waals surface area contributed by atoms with Gasteiger partial charge in [-0.1, -0.05) is 18.2 Å². The topological polar surface area (TPSA) is 51.2 Å². The summed E-state index contributed by atoms with van der Waals surface area (Å²) in [4.78, 5) is 16.6. The van der Waals surface area contributed by atoms with E-state index in [4.69, 9.17) is 9.72 Å². The van der Waals surface area contributed by atoms with Gasteiger partial charge >= 0.3 is 0 Å². The van der Waals surface area contributed by atoms with Crippen molar-refractivity contribution in [3.05, 3.63) is 53.4 Å². The van der Waals surface area contributed by atoms with Crippen molar-refractivity contribution >= 4 is 22.9 Å². The molecule has 2 aromatic carbocycles. The number of nitrogens with one attached hydrogen (secondary N) is 1. The van der Waals surface area contributed by atoms with Gasteiger partial charge in [-0.3, -0.25) is 4.79 Å². The predicted molar refractivity (Wildman–Crippen MR) is 96.6 cm³/mol. The SMILES string of the molecule is COc1ccccc1-c1nc(-c2ccc3c(c2)[C@H](C)C(=O)N3)cs1. The molecular weight excluding hydrogens is 320 g/mol. The van der Waals surface area contributed by atoms with E-state index in [1.54, 1.807) is 18.4 Å². The summed E-state index contributed by atoms with van der Waals surface area (Å²) < 4.78 is 5.42. The van der Waals surface area contributed by atoms with Crippen LogP contribution in [0.2, 0.25) is 0 Å². The zero-order chi connectivity index (χ0) is 16.7. The van der Waals surface area contributed by atoms with E-state index in [2.05, 4.69) is 11.4 Å². The summed E-state index contributed by atoms with van der Waals surface area (Å²) >= 11 is 1.59. The molecule has 0 spiro atoms. The Labute approximate surface area is 144 Å². The molecule has 2 heterocycles. The van der Waals surface area contributed by atoms with E-state index >= 15 is 0 Å². The Morgan fingerprint density at radius 1 is 1.21 bits per heavy atom. The molecule has 0 bridgehead atoms. The minimum absolute atomic E-state index is 0.0511. The fraction of sp³-hybridized carbons (Fsp3) is 0.158. The van der Waals surface area contributed by atoms with Crippen molar-refractivity contribution in [2.45, 2.75) is 12.8 Å². The van der Waals surface area contributed by atoms with Gasteiger partial charge < -0.3 is 10.1 Å². The summed E-state index contributed by atoms with van der Waals surface area (Å²) in [6, 6.07) is 13.9. The summed E-state index contributed by atoms with van der Waals surface area (Å²) in [5.74, 6) is 0.748. The average Bonchev–Trinajstić information content (AvgIpc) is 3.20. The molecule has 5 heteroatoms. The molecule has 24 heavy (non-hydrogen) atoms. The first-order valence-electron chi connectivity index (χ1n) is 7.71. The molecule has 1 aliphatic heterocycles. The van der Waals surface area contributed by atoms with E-state index in [0.29, 0.717) is 0 Å². The maximum Gasteiger partial charge on any atom is 0.231 e. The number of methoxy groups -OCH3 is 1. The number of ether oxygens (including phenoxy) is 1. The fourth-order valence-electron chi connectivity index (χ4n) is 2.93. The lowest BCUT2D eigenvalue weighted by molar-refractivity contribution is -0.116. The van der Waals surface area contributed by atoms with Crippen molar-refractivity contribution in [3.63, 3.8) is 0 Å². The number of aromatic nitrogens is 1. The van der Waals surface area contributed by atoms with Crippen molar-refractivity contribution in [2.24, 2.45) is 0 Å². The van der Waals surface area contributed by atoms with Gasteiger partial charge in [0.2, 0.25) is 5.91 Å². The van der Waals surface area contributed by atoms with Gasteiger partial charge in [0.05, 0.1) is 24.3 Å². The van der Waals surface area contributed by atoms with Gasteiger partial charge in [0.1, 0.15) is 10.8 Å². The van der Waals surface area contributed by atoms with Gasteiger partial charge in [-0.2, -0.15) is 0 Å². The number of fused-ring (bicyclic) bond motifs is 1. The number of benzene rings is 2. The van der Waals surface area contributed by atoms with Crippen LogP contribution in [0.4, 0.5) is 5.69 Å². The molecule has 1 amide bonds. The second kappa shape index (κ2) is 5.76. The van der Waals surface area contributed by atoms with Crippen molar-refractivity contribution in [2.75, 3.05) is 12.4 Å². The summed E-state index contributed by atoms with van der Waals surface area (Å²) in [7, 11) is 1.67. The number of para-hydroxylation sites is 1. The van der Waals surface area contributed by atoms with Gasteiger partial charge in [-0.15, -0.1) is 11.3 Å². The van der Waals surface area contributed by atoms with Crippen LogP contribution in [0.25, 0.3) is 21.8 Å². The smallest absolute Gasteiger partial charge is 0.231 e. The van der Waals surface area contributed by atoms with Gasteiger partial charge in [0.15, 0.2) is 0 Å². The quantitative estimate of drug-likeness (QED) is 0.764. The van der Waals surface area contributed by atoms with Gasteiger partial charge in [0, 0.05) is 16.6 Å². The van der Waals surface area contributed by atoms with Crippen LogP contribution in [0, 0.1) is 0 Å². The molecule has 0 saturated heterocycles. The van der Waals surface area contributed by atoms with E-state index in [-0.39, 0.29) is 11.8 Å². The van der Waals surface area contributed by atoms with Crippen molar-refractivity contribution in [1.29, 1.82) is 0 Å². The first-order valence-corrected chi connectivity index (χ1v) is 8.59. The first-order chi connectivity index (χ1) is 11.7. The number of hydrogen-bond donors (Lipinski definition) is 1. The minimum atomic E-state index is -0.118. The zero-order valence-corrected chi connectivity index (χ0v) is 14.2. The molecule has 4 rings (SSSR count). The largest absolute Gasteiger partial charge is 0.496 e. The van der Waals surface area contributed by atoms with Crippen molar-refractivity contribution < 1.29 is 9.53 Å². The van der Waals surface area contributed by atoms with E-state index in [9.17, 15) is 4.79 Å². The highest BCUT2D eigenvalue weighted by Gasteiger charge is 2.26. The molecule has 1 aromatic heterocycles. The number of hydrogen-bond acceptors (Lipinski definition) is 4. The predicted octanol–water partition coefficient (Wildman–Crippen LogP) is 4.54. The molecule has 1 atom stereocenters. The fourth-order valence-corrected chi connectivity index (χ4v) is 3.79. The molecule has 0 saturated carbocycles. The Morgan fingerprint density at radius 3 is 2.88 bits per heavy atom. The number of carbonyl (C=O) groups is 1. The van der Waals surface area contributed by atoms with Crippen LogP contribution in [-0.2, 0) is 4.79 Å². The number of amides is 1. The lowest BCUT2D eigenvalue weighted by Crippen LogP contribution is -2.08. The van der Waals surface area contributed by atoms with Crippen LogP contribution >= 0.6 is 11.3 Å². The standard InChI is InChI=1S/C19H16N2O2S/c1-11-14-9-12(7-8-15(14)20-18(11)22)16-10-24-19(21-16)13-5-3-4-6-17(13)23-2/h3-11H,1-2H3,(H,20,22)/t11-/m0/s1. The highest BCUT2D eigenvalue weighted by molar-refractivity contribution is 7.13. The molecule has 0 unspecified atom stereocenters. The Hall–Kier alpha value is -2.66. The minimum Gasteiger partial charge on any atom is -0.496 e. The summed E-state index contributed by atoms with van der Waals surface area (Å²) in [6.45, 7) is 1.92. The summed E-state index contributed by atoms with van der Waals surface area (Å²) in [5.41, 5.74) is 4.85. The molecule has 3 aromatic rings. The van der Waals surface area contributed by atoms with Gasteiger partial charge in [-0.25, -0.2) is 4.98 Å². The third-order valence-electron chi connectivity index (χ3n) is 4.31. The summed E-state index contributed by atoms with van der Waals surface area (Å²) in [6.07, 6.45) is 0. The van der Waals surface area contributed by atoms with Crippen LogP contribution in [0.3, 0.4) is 0 Å². The van der Waals surface area contributed by atoms with Crippen molar-refractivity contribution in [1.82, 2.24) is 4.98 Å². The number of carbonyl (C=O) groups excluding carboxylic acids is 1. The van der Waals surface area contributed by atoms with Crippen LogP contribution in [0.5, 0.6) is 5.75 Å². The molecule has 1 N–H and O–H groups in total. The number of rotatable bonds is 3. The Bertz CT molecular complexity index is 933. The first kappa shape index (κ1) is 14.9. The molecule has 4 nitrogen and oxygen atoms in total. The highest BCUT2D eigenvalue weighted by atomic mass is 32.1. The van der Waals surface area contributed by atoms with Crippen molar-refractivity contribution in [3.8, 4) is 27.6 Å². The summed E-state index contributed by atoms with van der Waals surface area (Å²) in [5, 5.41) is 5.86. The van der Waals surface area contributed by atoms with Crippen LogP contribution in [0.15, 0.2) is 47.8 Å². The normalized spacial score (nSPS) is 15.9. The Balaban J connectivity index is 1.73. The lowest BCUT2D eigenvalue weighted by Gasteiger charge is -2.05. The maximum atomic E-state index is 11.8. The van der Waals surface area contributed by atoms with E-state index in [1.165, 1.54) is 0 Å². The highest BCUT2D eigenvalue weighted by Crippen LogP contribution is 2.38. The molecule has 120 valence electrons. The van der Waals surface area contributed by atoms with E-state index in [0.717, 1.165) is 38.8 Å². The third-order valence-corrected chi connectivity index (χ3v) is 5.18. The van der Waals surface area contributed by atoms with Crippen LogP contribution in [-0.4, -0.2) is 18.0 Å². The third kappa shape index (κ3) is 2.37. The number of thiazole rings is 1. The molecule has 0 radical (unpaired) electrons. The molecule has 0 fully saturated rings. The molecule has 0 aliphatic carbocycles. The van der Waals surface area contributed by atoms with Crippen LogP contribution in [0.1, 0.15) is 18.4 Å². The van der Waals surface area contributed by atoms with E-state index < -0.39 is 0 Å². The lowest BCUT2D eigenvalue weighted by atomic mass is 9.99. The van der Waals surface area contributed by atoms with Gasteiger partial charge in [0.25, 0.3) is 0 Å². The van der Waals surface area contributed by atoms with E-state index in [1.807, 2.05) is 48.7 Å². The molecular formula is C19H16N2O2S. The number of anilines is 1. The Kier molecular flexibility index (Phi) is 3.58. The zero-order valence-electron chi connectivity index (χ0n) is 13.4. The van der Waals surface area contributed by atoms with Gasteiger partial charge in [-0.05, 0) is 36.8 Å². The second-order valence-corrected chi connectivity index (χ2v) is 6.61. The van der Waals surface area contributed by atoms with Crippen LogP contribution < -0.4 is 10.1 Å².